The summed E-state index contributed by atoms with van der Waals surface area (Å²) in [5.41, 5.74) is 1.63. The molecule has 2 aromatic rings. The largest absolute Gasteiger partial charge is 0.342 e. The number of hydrogen-bond donors (Lipinski definition) is 0. The van der Waals surface area contributed by atoms with Crippen molar-refractivity contribution in [3.63, 3.8) is 0 Å². The molecule has 2 heterocycles. The SMILES string of the molecule is O=C(Cc1ccc(F)cc1)N=C1S[C@H]2CS(=O)(=O)C[C@H]2N1Cc1ccc(Cl)cc1. The molecule has 5 nitrogen and oxygen atoms in total. The van der Waals surface area contributed by atoms with Crippen molar-refractivity contribution in [2.24, 2.45) is 4.99 Å². The molecule has 0 spiro atoms. The lowest BCUT2D eigenvalue weighted by atomic mass is 10.1. The maximum Gasteiger partial charge on any atom is 0.252 e. The molecule has 4 rings (SSSR count). The van der Waals surface area contributed by atoms with Gasteiger partial charge < -0.3 is 4.90 Å². The number of fused-ring (bicyclic) bond motifs is 1. The third kappa shape index (κ3) is 4.82. The fourth-order valence-corrected chi connectivity index (χ4v) is 7.62. The highest BCUT2D eigenvalue weighted by Gasteiger charge is 2.48. The third-order valence-corrected chi connectivity index (χ3v) is 8.43. The average Bonchev–Trinajstić information content (AvgIpc) is 3.11. The molecule has 2 aliphatic rings. The van der Waals surface area contributed by atoms with Crippen LogP contribution in [-0.2, 0) is 27.6 Å². The molecule has 152 valence electrons. The van der Waals surface area contributed by atoms with E-state index in [0.717, 1.165) is 5.56 Å². The Hall–Kier alpha value is -1.90. The smallest absolute Gasteiger partial charge is 0.252 e. The first kappa shape index (κ1) is 20.4. The zero-order valence-corrected chi connectivity index (χ0v) is 17.7. The number of carbonyl (C=O) groups is 1. The Balaban J connectivity index is 1.56. The standard InChI is InChI=1S/C20H18ClFN2O3S2/c21-15-5-1-14(2-6-15)10-24-17-11-29(26,27)12-18(17)28-20(24)23-19(25)9-13-3-7-16(22)8-4-13/h1-8,17-18H,9-12H2/t17-,18+/m1/s1. The van der Waals surface area contributed by atoms with E-state index < -0.39 is 9.84 Å². The van der Waals surface area contributed by atoms with Gasteiger partial charge in [0.05, 0.1) is 24.0 Å². The second-order valence-corrected chi connectivity index (χ2v) is 10.9. The number of hydrogen-bond acceptors (Lipinski definition) is 4. The molecule has 2 atom stereocenters. The van der Waals surface area contributed by atoms with E-state index in [4.69, 9.17) is 11.6 Å². The van der Waals surface area contributed by atoms with Crippen LogP contribution in [0.3, 0.4) is 0 Å². The van der Waals surface area contributed by atoms with Gasteiger partial charge in [0.25, 0.3) is 5.91 Å². The number of halogens is 2. The van der Waals surface area contributed by atoms with Gasteiger partial charge in [0, 0.05) is 16.8 Å². The number of amides is 1. The summed E-state index contributed by atoms with van der Waals surface area (Å²) in [5.74, 6) is -0.557. The van der Waals surface area contributed by atoms with Crippen LogP contribution in [0, 0.1) is 5.82 Å². The normalized spacial score (nSPS) is 24.1. The van der Waals surface area contributed by atoms with Crippen LogP contribution in [0.4, 0.5) is 4.39 Å². The Labute approximate surface area is 177 Å². The summed E-state index contributed by atoms with van der Waals surface area (Å²) in [5, 5.41) is 1.02. The highest BCUT2D eigenvalue weighted by atomic mass is 35.5. The molecule has 0 aromatic heterocycles. The minimum Gasteiger partial charge on any atom is -0.342 e. The van der Waals surface area contributed by atoms with Crippen molar-refractivity contribution < 1.29 is 17.6 Å². The summed E-state index contributed by atoms with van der Waals surface area (Å²) >= 11 is 7.30. The van der Waals surface area contributed by atoms with E-state index in [1.165, 1.54) is 23.9 Å². The summed E-state index contributed by atoms with van der Waals surface area (Å²) in [4.78, 5) is 18.7. The Morgan fingerprint density at radius 2 is 1.76 bits per heavy atom. The van der Waals surface area contributed by atoms with Crippen LogP contribution < -0.4 is 0 Å². The van der Waals surface area contributed by atoms with Crippen LogP contribution in [0.2, 0.25) is 5.02 Å². The van der Waals surface area contributed by atoms with E-state index >= 15 is 0 Å². The van der Waals surface area contributed by atoms with Gasteiger partial charge in [-0.2, -0.15) is 4.99 Å². The second-order valence-electron chi connectivity index (χ2n) is 7.15. The molecule has 9 heteroatoms. The van der Waals surface area contributed by atoms with Gasteiger partial charge in [-0.15, -0.1) is 0 Å². The van der Waals surface area contributed by atoms with Crippen LogP contribution >= 0.6 is 23.4 Å². The number of benzene rings is 2. The van der Waals surface area contributed by atoms with Crippen molar-refractivity contribution in [2.45, 2.75) is 24.3 Å². The van der Waals surface area contributed by atoms with Crippen LogP contribution in [0.1, 0.15) is 11.1 Å². The van der Waals surface area contributed by atoms with Crippen LogP contribution in [0.25, 0.3) is 0 Å². The van der Waals surface area contributed by atoms with Gasteiger partial charge in [-0.3, -0.25) is 4.79 Å². The van der Waals surface area contributed by atoms with E-state index in [-0.39, 0.29) is 40.9 Å². The van der Waals surface area contributed by atoms with Gasteiger partial charge >= 0.3 is 0 Å². The predicted molar refractivity (Wildman–Crippen MR) is 113 cm³/mol. The van der Waals surface area contributed by atoms with Gasteiger partial charge in [0.15, 0.2) is 15.0 Å². The second kappa shape index (κ2) is 8.08. The molecule has 29 heavy (non-hydrogen) atoms. The Bertz CT molecular complexity index is 1060. The molecule has 1 amide bonds. The van der Waals surface area contributed by atoms with E-state index in [9.17, 15) is 17.6 Å². The predicted octanol–water partition coefficient (Wildman–Crippen LogP) is 3.32. The van der Waals surface area contributed by atoms with Crippen molar-refractivity contribution in [2.75, 3.05) is 11.5 Å². The maximum atomic E-state index is 13.0. The zero-order valence-electron chi connectivity index (χ0n) is 15.3. The molecule has 2 aliphatic heterocycles. The topological polar surface area (TPSA) is 66.8 Å². The number of thioether (sulfide) groups is 1. The fourth-order valence-electron chi connectivity index (χ4n) is 3.53. The summed E-state index contributed by atoms with van der Waals surface area (Å²) in [6, 6.07) is 12.8. The molecule has 0 aliphatic carbocycles. The quantitative estimate of drug-likeness (QED) is 0.712. The van der Waals surface area contributed by atoms with Gasteiger partial charge in [0.1, 0.15) is 5.82 Å². The van der Waals surface area contributed by atoms with Gasteiger partial charge in [-0.05, 0) is 35.4 Å². The average molecular weight is 453 g/mol. The first-order valence-corrected chi connectivity index (χ1v) is 12.1. The van der Waals surface area contributed by atoms with E-state index in [1.54, 1.807) is 24.3 Å². The monoisotopic (exact) mass is 452 g/mol. The van der Waals surface area contributed by atoms with Crippen molar-refractivity contribution in [1.29, 1.82) is 0 Å². The molecule has 0 N–H and O–H groups in total. The molecule has 0 saturated carbocycles. The van der Waals surface area contributed by atoms with Gasteiger partial charge in [0.2, 0.25) is 0 Å². The lowest BCUT2D eigenvalue weighted by molar-refractivity contribution is -0.117. The number of carbonyl (C=O) groups excluding carboxylic acids is 1. The van der Waals surface area contributed by atoms with Crippen molar-refractivity contribution in [3.05, 3.63) is 70.5 Å². The molecule has 2 saturated heterocycles. The number of rotatable bonds is 4. The molecule has 0 bridgehead atoms. The summed E-state index contributed by atoms with van der Waals surface area (Å²) in [6.45, 7) is 0.448. The number of nitrogens with zero attached hydrogens (tertiary/aromatic N) is 2. The Kier molecular flexibility index (Phi) is 5.68. The minimum atomic E-state index is -3.10. The molecular weight excluding hydrogens is 435 g/mol. The van der Waals surface area contributed by atoms with Crippen molar-refractivity contribution in [1.82, 2.24) is 4.90 Å². The molecule has 2 fully saturated rings. The lowest BCUT2D eigenvalue weighted by Gasteiger charge is -2.24. The summed E-state index contributed by atoms with van der Waals surface area (Å²) in [7, 11) is -3.10. The van der Waals surface area contributed by atoms with E-state index in [1.807, 2.05) is 17.0 Å². The first-order chi connectivity index (χ1) is 13.8. The third-order valence-electron chi connectivity index (χ3n) is 4.93. The van der Waals surface area contributed by atoms with Crippen LogP contribution in [-0.4, -0.2) is 47.2 Å². The van der Waals surface area contributed by atoms with Crippen LogP contribution in [0.15, 0.2) is 53.5 Å². The molecular formula is C20H18ClFN2O3S2. The molecule has 2 aromatic carbocycles. The van der Waals surface area contributed by atoms with Gasteiger partial charge in [-0.1, -0.05) is 47.6 Å². The van der Waals surface area contributed by atoms with Crippen molar-refractivity contribution in [3.8, 4) is 0 Å². The minimum absolute atomic E-state index is 0.0590. The van der Waals surface area contributed by atoms with Crippen molar-refractivity contribution >= 4 is 44.3 Å². The molecule has 0 unspecified atom stereocenters. The number of aliphatic imine (C=N–C) groups is 1. The van der Waals surface area contributed by atoms with E-state index in [0.29, 0.717) is 22.3 Å². The molecule has 0 radical (unpaired) electrons. The van der Waals surface area contributed by atoms with Gasteiger partial charge in [-0.25, -0.2) is 12.8 Å². The fraction of sp³-hybridized carbons (Fsp3) is 0.300. The number of amidine groups is 1. The highest BCUT2D eigenvalue weighted by molar-refractivity contribution is 8.15. The zero-order chi connectivity index (χ0) is 20.6. The highest BCUT2D eigenvalue weighted by Crippen LogP contribution is 2.39. The first-order valence-electron chi connectivity index (χ1n) is 9.03. The Morgan fingerprint density at radius 1 is 1.10 bits per heavy atom. The van der Waals surface area contributed by atoms with E-state index in [2.05, 4.69) is 4.99 Å². The summed E-state index contributed by atoms with van der Waals surface area (Å²) in [6.07, 6.45) is 0.0623. The van der Waals surface area contributed by atoms with Crippen LogP contribution in [0.5, 0.6) is 0 Å². The number of sulfone groups is 1. The summed E-state index contributed by atoms with van der Waals surface area (Å²) < 4.78 is 37.2. The Morgan fingerprint density at radius 3 is 2.45 bits per heavy atom. The maximum absolute atomic E-state index is 13.0. The lowest BCUT2D eigenvalue weighted by Crippen LogP contribution is -2.37.